The first-order valence-corrected chi connectivity index (χ1v) is 17.9. The molecule has 3 saturated carbocycles. The van der Waals surface area contributed by atoms with Crippen molar-refractivity contribution < 1.29 is 14.0 Å². The lowest BCUT2D eigenvalue weighted by molar-refractivity contribution is -0.149. The smallest absolute Gasteiger partial charge is 0.330 e. The first-order valence-electron chi connectivity index (χ1n) is 15.0. The van der Waals surface area contributed by atoms with Crippen molar-refractivity contribution in [3.8, 4) is 0 Å². The Bertz CT molecular complexity index is 928. The van der Waals surface area contributed by atoms with Crippen LogP contribution in [0.25, 0.3) is 0 Å². The zero-order valence-corrected chi connectivity index (χ0v) is 25.4. The molecule has 4 heteroatoms. The maximum atomic E-state index is 11.9. The molecule has 0 unspecified atom stereocenters. The monoisotopic (exact) mass is 512 g/mol. The highest BCUT2D eigenvalue weighted by Crippen LogP contribution is 2.67. The average molecular weight is 513 g/mol. The quantitative estimate of drug-likeness (QED) is 0.215. The van der Waals surface area contributed by atoms with Crippen molar-refractivity contribution in [2.75, 3.05) is 0 Å². The molecule has 5 rings (SSSR count). The van der Waals surface area contributed by atoms with Crippen LogP contribution in [0.2, 0.25) is 18.1 Å². The Morgan fingerprint density at radius 1 is 1.06 bits per heavy atom. The molecule has 0 spiro atoms. The molecule has 202 valence electrons. The van der Waals surface area contributed by atoms with E-state index in [0.717, 1.165) is 30.6 Å². The number of hydrogen-bond donors (Lipinski definition) is 0. The van der Waals surface area contributed by atoms with Crippen LogP contribution < -0.4 is 0 Å². The van der Waals surface area contributed by atoms with Crippen molar-refractivity contribution in [2.24, 2.45) is 40.4 Å². The highest BCUT2D eigenvalue weighted by atomic mass is 28.4. The second kappa shape index (κ2) is 9.11. The van der Waals surface area contributed by atoms with E-state index in [9.17, 15) is 4.79 Å². The molecule has 0 saturated heterocycles. The van der Waals surface area contributed by atoms with E-state index >= 15 is 0 Å². The lowest BCUT2D eigenvalue weighted by atomic mass is 9.47. The van der Waals surface area contributed by atoms with Gasteiger partial charge in [-0.25, -0.2) is 4.79 Å². The van der Waals surface area contributed by atoms with Crippen molar-refractivity contribution in [3.63, 3.8) is 0 Å². The van der Waals surface area contributed by atoms with E-state index in [2.05, 4.69) is 60.7 Å². The van der Waals surface area contributed by atoms with Crippen LogP contribution in [0.3, 0.4) is 0 Å². The summed E-state index contributed by atoms with van der Waals surface area (Å²) in [6.07, 6.45) is 18.0. The molecule has 0 aromatic heterocycles. The molecule has 0 aromatic rings. The van der Waals surface area contributed by atoms with Gasteiger partial charge in [0, 0.05) is 18.6 Å². The average Bonchev–Trinajstić information content (AvgIpc) is 3.15. The van der Waals surface area contributed by atoms with Gasteiger partial charge in [-0.3, -0.25) is 0 Å². The highest BCUT2D eigenvalue weighted by molar-refractivity contribution is 6.74. The van der Waals surface area contributed by atoms with E-state index in [0.29, 0.717) is 28.8 Å². The Morgan fingerprint density at radius 2 is 1.81 bits per heavy atom. The summed E-state index contributed by atoms with van der Waals surface area (Å²) in [5.74, 6) is 3.43. The fourth-order valence-electron chi connectivity index (χ4n) is 9.34. The Kier molecular flexibility index (Phi) is 6.76. The number of ether oxygens (including phenoxy) is 1. The molecule has 3 nitrogen and oxygen atoms in total. The van der Waals surface area contributed by atoms with Crippen molar-refractivity contribution in [1.29, 1.82) is 0 Å². The summed E-state index contributed by atoms with van der Waals surface area (Å²) < 4.78 is 12.7. The van der Waals surface area contributed by atoms with Crippen molar-refractivity contribution >= 4 is 14.3 Å². The van der Waals surface area contributed by atoms with E-state index < -0.39 is 8.32 Å². The Morgan fingerprint density at radius 3 is 2.50 bits per heavy atom. The number of allylic oxidation sites excluding steroid dienone is 1. The third kappa shape index (κ3) is 4.30. The minimum absolute atomic E-state index is 0.0624. The number of rotatable bonds is 4. The molecule has 0 amide bonds. The second-order valence-electron chi connectivity index (χ2n) is 15.2. The Hall–Kier alpha value is -0.873. The minimum atomic E-state index is -1.74. The fraction of sp³-hybridized carbons (Fsp3) is 0.844. The summed E-state index contributed by atoms with van der Waals surface area (Å²) in [6, 6.07) is 0. The number of carbonyl (C=O) groups is 1. The lowest BCUT2D eigenvalue weighted by Gasteiger charge is -2.59. The van der Waals surface area contributed by atoms with Gasteiger partial charge in [-0.2, -0.15) is 0 Å². The number of cyclic esters (lactones) is 1. The molecular formula is C32H52O3Si. The number of carbonyl (C=O) groups excluding carboxylic acids is 1. The number of fused-ring (bicyclic) bond motifs is 5. The maximum Gasteiger partial charge on any atom is 0.330 e. The molecular weight excluding hydrogens is 460 g/mol. The van der Waals surface area contributed by atoms with Gasteiger partial charge in [0.05, 0.1) is 0 Å². The van der Waals surface area contributed by atoms with E-state index in [1.807, 2.05) is 6.08 Å². The molecule has 0 aromatic carbocycles. The number of hydrogen-bond acceptors (Lipinski definition) is 3. The summed E-state index contributed by atoms with van der Waals surface area (Å²) in [5, 5.41) is 0.274. The topological polar surface area (TPSA) is 35.5 Å². The van der Waals surface area contributed by atoms with Crippen LogP contribution in [0.5, 0.6) is 0 Å². The Balaban J connectivity index is 1.31. The highest BCUT2D eigenvalue weighted by Gasteiger charge is 2.60. The van der Waals surface area contributed by atoms with Crippen molar-refractivity contribution in [2.45, 2.75) is 130 Å². The summed E-state index contributed by atoms with van der Waals surface area (Å²) in [6.45, 7) is 19.5. The summed E-state index contributed by atoms with van der Waals surface area (Å²) in [7, 11) is -1.74. The van der Waals surface area contributed by atoms with Gasteiger partial charge in [0.25, 0.3) is 0 Å². The maximum absolute atomic E-state index is 11.9. The van der Waals surface area contributed by atoms with Gasteiger partial charge >= 0.3 is 5.97 Å². The van der Waals surface area contributed by atoms with Gasteiger partial charge in [-0.1, -0.05) is 59.3 Å². The molecule has 0 radical (unpaired) electrons. The predicted octanol–water partition coefficient (Wildman–Crippen LogP) is 8.46. The summed E-state index contributed by atoms with van der Waals surface area (Å²) >= 11 is 0. The molecule has 1 aliphatic heterocycles. The third-order valence-corrected chi connectivity index (χ3v) is 17.0. The van der Waals surface area contributed by atoms with E-state index in [4.69, 9.17) is 9.16 Å². The van der Waals surface area contributed by atoms with Crippen LogP contribution in [0.4, 0.5) is 0 Å². The minimum Gasteiger partial charge on any atom is -0.459 e. The lowest BCUT2D eigenvalue weighted by Crippen LogP contribution is -2.52. The zero-order valence-electron chi connectivity index (χ0n) is 24.4. The molecule has 36 heavy (non-hydrogen) atoms. The van der Waals surface area contributed by atoms with E-state index in [1.54, 1.807) is 11.6 Å². The van der Waals surface area contributed by atoms with Gasteiger partial charge in [0.2, 0.25) is 0 Å². The third-order valence-electron chi connectivity index (χ3n) is 12.5. The van der Waals surface area contributed by atoms with Gasteiger partial charge in [0.15, 0.2) is 8.32 Å². The molecule has 0 bridgehead atoms. The molecule has 9 atom stereocenters. The normalized spacial score (nSPS) is 43.7. The van der Waals surface area contributed by atoms with Crippen molar-refractivity contribution in [1.82, 2.24) is 0 Å². The molecule has 3 fully saturated rings. The summed E-state index contributed by atoms with van der Waals surface area (Å²) in [5.41, 5.74) is 2.48. The molecule has 0 N–H and O–H groups in total. The predicted molar refractivity (Wildman–Crippen MR) is 150 cm³/mol. The number of esters is 1. The first kappa shape index (κ1) is 26.7. The molecule has 5 aliphatic rings. The van der Waals surface area contributed by atoms with Crippen molar-refractivity contribution in [3.05, 3.63) is 23.8 Å². The molecule has 1 heterocycles. The Labute approximate surface area is 222 Å². The largest absolute Gasteiger partial charge is 0.459 e. The molecule has 4 aliphatic carbocycles. The van der Waals surface area contributed by atoms with Crippen LogP contribution >= 0.6 is 0 Å². The van der Waals surface area contributed by atoms with Crippen LogP contribution in [-0.2, 0) is 14.0 Å². The zero-order chi connectivity index (χ0) is 26.1. The summed E-state index contributed by atoms with van der Waals surface area (Å²) in [4.78, 5) is 11.9. The fourth-order valence-corrected chi connectivity index (χ4v) is 10.7. The standard InChI is InChI=1S/C32H52O3Si/c1-21(28-10-9-11-29(33)34-28)25-14-15-26-24-13-12-22-20-23(35-36(7,8)30(2,3)4)16-18-31(22,5)27(24)17-19-32(25,26)6/h9,11-12,21,23-28H,10,13-20H2,1-8H3/t21-,23-,24-,25+,26-,27-,28+,31-,32+/m0/s1. The van der Waals surface area contributed by atoms with Crippen LogP contribution in [0.15, 0.2) is 23.8 Å². The van der Waals surface area contributed by atoms with E-state index in [-0.39, 0.29) is 17.1 Å². The second-order valence-corrected chi connectivity index (χ2v) is 20.0. The van der Waals surface area contributed by atoms with E-state index in [1.165, 1.54) is 44.9 Å². The van der Waals surface area contributed by atoms with Gasteiger partial charge in [-0.05, 0) is 110 Å². The first-order chi connectivity index (χ1) is 16.8. The van der Waals surface area contributed by atoms with Crippen LogP contribution in [0.1, 0.15) is 99.3 Å². The van der Waals surface area contributed by atoms with Crippen LogP contribution in [-0.4, -0.2) is 26.5 Å². The van der Waals surface area contributed by atoms with Gasteiger partial charge < -0.3 is 9.16 Å². The van der Waals surface area contributed by atoms with Crippen LogP contribution in [0, 0.1) is 40.4 Å². The van der Waals surface area contributed by atoms with Gasteiger partial charge in [0.1, 0.15) is 6.10 Å². The van der Waals surface area contributed by atoms with Gasteiger partial charge in [-0.15, -0.1) is 0 Å². The SMILES string of the molecule is C[C@@H]([C@H]1CC[C@H]2[C@@H]3CC=C4C[C@@H](O[Si](C)(C)C(C)(C)C)CC[C@]4(C)[C@H]3CC[C@]12C)[C@H]1CC=CC(=O)O1.